The van der Waals surface area contributed by atoms with E-state index in [1.807, 2.05) is 25.1 Å². The molecule has 1 heterocycles. The van der Waals surface area contributed by atoms with E-state index < -0.39 is 0 Å². The van der Waals surface area contributed by atoms with Gasteiger partial charge in [0.1, 0.15) is 5.58 Å². The first kappa shape index (κ1) is 9.71. The first-order chi connectivity index (χ1) is 7.22. The molecule has 2 rings (SSSR count). The molecule has 0 aliphatic heterocycles. The molecule has 0 aliphatic rings. The first-order valence-corrected chi connectivity index (χ1v) is 4.85. The van der Waals surface area contributed by atoms with Gasteiger partial charge in [-0.2, -0.15) is 0 Å². The van der Waals surface area contributed by atoms with Gasteiger partial charge in [0, 0.05) is 11.8 Å². The molecule has 0 N–H and O–H groups in total. The van der Waals surface area contributed by atoms with Crippen LogP contribution in [-0.4, -0.2) is 5.78 Å². The highest BCUT2D eigenvalue weighted by molar-refractivity contribution is 5.98. The maximum atomic E-state index is 11.6. The minimum Gasteiger partial charge on any atom is -0.453 e. The van der Waals surface area contributed by atoms with Gasteiger partial charge < -0.3 is 4.42 Å². The predicted octanol–water partition coefficient (Wildman–Crippen LogP) is 3.50. The molecule has 15 heavy (non-hydrogen) atoms. The maximum Gasteiger partial charge on any atom is 0.201 e. The van der Waals surface area contributed by atoms with Crippen LogP contribution in [0.5, 0.6) is 0 Å². The van der Waals surface area contributed by atoms with Gasteiger partial charge in [0.05, 0.1) is 0 Å². The summed E-state index contributed by atoms with van der Waals surface area (Å²) in [7, 11) is 0. The minimum atomic E-state index is -0.0272. The SMILES string of the molecule is C=CCC(=O)c1cc2cccc(C)c2o1. The topological polar surface area (TPSA) is 30.2 Å². The number of carbonyl (C=O) groups is 1. The van der Waals surface area contributed by atoms with Crippen LogP contribution in [0.4, 0.5) is 0 Å². The van der Waals surface area contributed by atoms with E-state index in [1.54, 1.807) is 12.1 Å². The molecule has 1 aromatic heterocycles. The van der Waals surface area contributed by atoms with Crippen molar-refractivity contribution in [2.45, 2.75) is 13.3 Å². The standard InChI is InChI=1S/C13H12O2/c1-3-5-11(14)12-8-10-7-4-6-9(2)13(10)15-12/h3-4,6-8H,1,5H2,2H3. The van der Waals surface area contributed by atoms with Gasteiger partial charge in [0.25, 0.3) is 0 Å². The van der Waals surface area contributed by atoms with E-state index in [-0.39, 0.29) is 5.78 Å². The van der Waals surface area contributed by atoms with E-state index in [0.29, 0.717) is 12.2 Å². The molecular formula is C13H12O2. The molecule has 1 aromatic carbocycles. The van der Waals surface area contributed by atoms with Crippen molar-refractivity contribution in [3.8, 4) is 0 Å². The van der Waals surface area contributed by atoms with Crippen LogP contribution in [0.2, 0.25) is 0 Å². The summed E-state index contributed by atoms with van der Waals surface area (Å²) >= 11 is 0. The fourth-order valence-electron chi connectivity index (χ4n) is 1.58. The van der Waals surface area contributed by atoms with Gasteiger partial charge in [0.2, 0.25) is 5.78 Å². The first-order valence-electron chi connectivity index (χ1n) is 4.85. The van der Waals surface area contributed by atoms with Crippen molar-refractivity contribution in [1.82, 2.24) is 0 Å². The zero-order chi connectivity index (χ0) is 10.8. The largest absolute Gasteiger partial charge is 0.453 e. The van der Waals surface area contributed by atoms with Crippen molar-refractivity contribution in [3.05, 3.63) is 48.2 Å². The van der Waals surface area contributed by atoms with E-state index in [9.17, 15) is 4.79 Å². The summed E-state index contributed by atoms with van der Waals surface area (Å²) in [5, 5.41) is 0.974. The maximum absolute atomic E-state index is 11.6. The number of para-hydroxylation sites is 1. The molecule has 0 amide bonds. The van der Waals surface area contributed by atoms with Gasteiger partial charge in [-0.05, 0) is 18.6 Å². The zero-order valence-electron chi connectivity index (χ0n) is 8.62. The third-order valence-electron chi connectivity index (χ3n) is 2.35. The van der Waals surface area contributed by atoms with Crippen LogP contribution in [0.1, 0.15) is 22.5 Å². The molecule has 0 unspecified atom stereocenters. The number of hydrogen-bond donors (Lipinski definition) is 0. The second-order valence-electron chi connectivity index (χ2n) is 3.52. The van der Waals surface area contributed by atoms with Crippen LogP contribution >= 0.6 is 0 Å². The Bertz CT molecular complexity index is 520. The zero-order valence-corrected chi connectivity index (χ0v) is 8.62. The quantitative estimate of drug-likeness (QED) is 0.560. The molecular weight excluding hydrogens is 188 g/mol. The molecule has 0 saturated heterocycles. The van der Waals surface area contributed by atoms with E-state index in [0.717, 1.165) is 16.5 Å². The van der Waals surface area contributed by atoms with Crippen molar-refractivity contribution in [3.63, 3.8) is 0 Å². The highest BCUT2D eigenvalue weighted by Gasteiger charge is 2.11. The average molecular weight is 200 g/mol. The van der Waals surface area contributed by atoms with E-state index in [2.05, 4.69) is 6.58 Å². The number of fused-ring (bicyclic) bond motifs is 1. The lowest BCUT2D eigenvalue weighted by molar-refractivity contribution is 0.0971. The number of ketones is 1. The number of Topliss-reactive ketones (excluding diaryl/α,β-unsaturated/α-hetero) is 1. The molecule has 0 atom stereocenters. The Balaban J connectivity index is 2.51. The van der Waals surface area contributed by atoms with Crippen LogP contribution in [0.25, 0.3) is 11.0 Å². The van der Waals surface area contributed by atoms with Crippen molar-refractivity contribution in [2.24, 2.45) is 0 Å². The van der Waals surface area contributed by atoms with Gasteiger partial charge in [0.15, 0.2) is 5.76 Å². The molecule has 0 spiro atoms. The second kappa shape index (κ2) is 3.73. The van der Waals surface area contributed by atoms with E-state index >= 15 is 0 Å². The number of furan rings is 1. The summed E-state index contributed by atoms with van der Waals surface area (Å²) in [5.41, 5.74) is 1.84. The summed E-state index contributed by atoms with van der Waals surface area (Å²) < 4.78 is 5.52. The number of rotatable bonds is 3. The summed E-state index contributed by atoms with van der Waals surface area (Å²) in [6.45, 7) is 5.50. The highest BCUT2D eigenvalue weighted by atomic mass is 16.3. The smallest absolute Gasteiger partial charge is 0.201 e. The van der Waals surface area contributed by atoms with E-state index in [4.69, 9.17) is 4.42 Å². The molecule has 0 saturated carbocycles. The molecule has 0 fully saturated rings. The van der Waals surface area contributed by atoms with Crippen LogP contribution in [0.15, 0.2) is 41.3 Å². The van der Waals surface area contributed by atoms with Crippen molar-refractivity contribution in [1.29, 1.82) is 0 Å². The molecule has 76 valence electrons. The number of hydrogen-bond acceptors (Lipinski definition) is 2. The Morgan fingerprint density at radius 3 is 3.00 bits per heavy atom. The van der Waals surface area contributed by atoms with Gasteiger partial charge in [-0.25, -0.2) is 0 Å². The lowest BCUT2D eigenvalue weighted by Crippen LogP contribution is -1.93. The van der Waals surface area contributed by atoms with Crippen LogP contribution in [0.3, 0.4) is 0 Å². The monoisotopic (exact) mass is 200 g/mol. The Morgan fingerprint density at radius 1 is 1.53 bits per heavy atom. The normalized spacial score (nSPS) is 10.5. The van der Waals surface area contributed by atoms with Crippen LogP contribution < -0.4 is 0 Å². The Kier molecular flexibility index (Phi) is 2.42. The fourth-order valence-corrected chi connectivity index (χ4v) is 1.58. The summed E-state index contributed by atoms with van der Waals surface area (Å²) in [5.74, 6) is 0.389. The summed E-state index contributed by atoms with van der Waals surface area (Å²) in [6.07, 6.45) is 1.90. The molecule has 0 radical (unpaired) electrons. The fraction of sp³-hybridized carbons (Fsp3) is 0.154. The van der Waals surface area contributed by atoms with Crippen molar-refractivity contribution >= 4 is 16.8 Å². The van der Waals surface area contributed by atoms with Crippen LogP contribution in [0, 0.1) is 6.92 Å². The number of allylic oxidation sites excluding steroid dienone is 1. The van der Waals surface area contributed by atoms with Crippen molar-refractivity contribution in [2.75, 3.05) is 0 Å². The number of aryl methyl sites for hydroxylation is 1. The third kappa shape index (κ3) is 1.71. The average Bonchev–Trinajstić information content (AvgIpc) is 2.63. The van der Waals surface area contributed by atoms with Gasteiger partial charge in [-0.1, -0.05) is 24.3 Å². The van der Waals surface area contributed by atoms with Gasteiger partial charge >= 0.3 is 0 Å². The minimum absolute atomic E-state index is 0.0272. The lowest BCUT2D eigenvalue weighted by atomic mass is 10.1. The lowest BCUT2D eigenvalue weighted by Gasteiger charge is -1.92. The number of benzene rings is 1. The van der Waals surface area contributed by atoms with Crippen LogP contribution in [-0.2, 0) is 0 Å². The molecule has 2 aromatic rings. The summed E-state index contributed by atoms with van der Waals surface area (Å²) in [6, 6.07) is 7.65. The number of carbonyl (C=O) groups excluding carboxylic acids is 1. The summed E-state index contributed by atoms with van der Waals surface area (Å²) in [4.78, 5) is 11.6. The molecule has 2 heteroatoms. The molecule has 0 aliphatic carbocycles. The van der Waals surface area contributed by atoms with E-state index in [1.165, 1.54) is 0 Å². The molecule has 0 bridgehead atoms. The third-order valence-corrected chi connectivity index (χ3v) is 2.35. The Morgan fingerprint density at radius 2 is 2.33 bits per heavy atom. The molecule has 2 nitrogen and oxygen atoms in total. The van der Waals surface area contributed by atoms with Gasteiger partial charge in [-0.3, -0.25) is 4.79 Å². The Hall–Kier alpha value is -1.83. The second-order valence-corrected chi connectivity index (χ2v) is 3.52. The van der Waals surface area contributed by atoms with Crippen molar-refractivity contribution < 1.29 is 9.21 Å². The Labute approximate surface area is 88.2 Å². The highest BCUT2D eigenvalue weighted by Crippen LogP contribution is 2.23. The predicted molar refractivity (Wildman–Crippen MR) is 60.1 cm³/mol. The van der Waals surface area contributed by atoms with Gasteiger partial charge in [-0.15, -0.1) is 6.58 Å².